The normalized spacial score (nSPS) is 10.7. The van der Waals surface area contributed by atoms with Crippen LogP contribution in [0.4, 0.5) is 5.69 Å². The van der Waals surface area contributed by atoms with Crippen molar-refractivity contribution in [2.24, 2.45) is 7.05 Å². The summed E-state index contributed by atoms with van der Waals surface area (Å²) < 4.78 is 7.40. The summed E-state index contributed by atoms with van der Waals surface area (Å²) in [5.74, 6) is 0.998. The summed E-state index contributed by atoms with van der Waals surface area (Å²) in [7, 11) is 3.60. The fourth-order valence-electron chi connectivity index (χ4n) is 2.00. The first-order valence-electron chi connectivity index (χ1n) is 6.23. The smallest absolute Gasteiger partial charge is 0.288 e. The molecule has 0 amide bonds. The summed E-state index contributed by atoms with van der Waals surface area (Å²) in [5.41, 5.74) is 1.63. The van der Waals surface area contributed by atoms with Crippen LogP contribution in [-0.4, -0.2) is 21.8 Å². The highest BCUT2D eigenvalue weighted by Gasteiger charge is 2.17. The molecular formula is C13H15ClN4O3. The van der Waals surface area contributed by atoms with Gasteiger partial charge in [0.1, 0.15) is 10.8 Å². The molecule has 0 aliphatic heterocycles. The first-order chi connectivity index (χ1) is 9.93. The Balaban J connectivity index is 2.34. The maximum atomic E-state index is 10.7. The van der Waals surface area contributed by atoms with E-state index >= 15 is 0 Å². The second kappa shape index (κ2) is 6.11. The van der Waals surface area contributed by atoms with Crippen molar-refractivity contribution in [1.29, 1.82) is 0 Å². The molecule has 0 atom stereocenters. The van der Waals surface area contributed by atoms with Crippen LogP contribution in [-0.2, 0) is 13.6 Å². The Morgan fingerprint density at radius 2 is 2.24 bits per heavy atom. The van der Waals surface area contributed by atoms with E-state index in [9.17, 15) is 10.1 Å². The topological polar surface area (TPSA) is 82.2 Å². The van der Waals surface area contributed by atoms with Crippen molar-refractivity contribution in [3.05, 3.63) is 44.6 Å². The average molecular weight is 311 g/mol. The zero-order chi connectivity index (χ0) is 15.6. The summed E-state index contributed by atoms with van der Waals surface area (Å²) >= 11 is 5.88. The van der Waals surface area contributed by atoms with E-state index in [1.165, 1.54) is 18.2 Å². The number of hydrogen-bond donors (Lipinski definition) is 1. The minimum absolute atomic E-state index is 0.0338. The Bertz CT molecular complexity index is 684. The van der Waals surface area contributed by atoms with Crippen molar-refractivity contribution in [1.82, 2.24) is 15.1 Å². The lowest BCUT2D eigenvalue weighted by molar-refractivity contribution is -0.384. The van der Waals surface area contributed by atoms with E-state index in [1.54, 1.807) is 11.7 Å². The van der Waals surface area contributed by atoms with Gasteiger partial charge in [0.25, 0.3) is 5.69 Å². The number of nitrogens with zero attached hydrogens (tertiary/aromatic N) is 3. The third-order valence-electron chi connectivity index (χ3n) is 2.97. The van der Waals surface area contributed by atoms with Crippen LogP contribution >= 0.6 is 11.6 Å². The first kappa shape index (κ1) is 15.3. The third kappa shape index (κ3) is 3.14. The first-order valence-corrected chi connectivity index (χ1v) is 6.60. The molecular weight excluding hydrogens is 296 g/mol. The average Bonchev–Trinajstić information content (AvgIpc) is 2.66. The second-order valence-corrected chi connectivity index (χ2v) is 4.90. The molecule has 2 rings (SSSR count). The summed E-state index contributed by atoms with van der Waals surface area (Å²) in [5, 5.41) is 18.1. The van der Waals surface area contributed by atoms with E-state index in [0.29, 0.717) is 18.2 Å². The summed E-state index contributed by atoms with van der Waals surface area (Å²) in [6, 6.07) is 4.25. The Morgan fingerprint density at radius 1 is 1.52 bits per heavy atom. The van der Waals surface area contributed by atoms with Crippen molar-refractivity contribution in [2.45, 2.75) is 13.5 Å². The Labute approximate surface area is 126 Å². The van der Waals surface area contributed by atoms with Crippen molar-refractivity contribution in [3.8, 4) is 11.6 Å². The number of nitro groups is 1. The quantitative estimate of drug-likeness (QED) is 0.678. The number of nitro benzene ring substituents is 1. The molecule has 21 heavy (non-hydrogen) atoms. The van der Waals surface area contributed by atoms with Gasteiger partial charge in [0, 0.05) is 25.7 Å². The molecule has 0 fully saturated rings. The molecule has 7 nitrogen and oxygen atoms in total. The summed E-state index contributed by atoms with van der Waals surface area (Å²) in [4.78, 5) is 10.2. The van der Waals surface area contributed by atoms with E-state index in [0.717, 1.165) is 11.3 Å². The fourth-order valence-corrected chi connectivity index (χ4v) is 2.24. The van der Waals surface area contributed by atoms with Crippen molar-refractivity contribution in [3.63, 3.8) is 0 Å². The number of aryl methyl sites for hydroxylation is 2. The standard InChI is InChI=1S/C13H15ClN4O3/c1-8-10(7-15-2)13(17(3)16-8)21-9-4-5-12(18(19)20)11(14)6-9/h4-6,15H,7H2,1-3H3. The van der Waals surface area contributed by atoms with Gasteiger partial charge in [-0.15, -0.1) is 0 Å². The van der Waals surface area contributed by atoms with Crippen LogP contribution in [0.3, 0.4) is 0 Å². The second-order valence-electron chi connectivity index (χ2n) is 4.50. The largest absolute Gasteiger partial charge is 0.439 e. The number of halogens is 1. The van der Waals surface area contributed by atoms with Gasteiger partial charge in [0.05, 0.1) is 16.2 Å². The molecule has 8 heteroatoms. The minimum Gasteiger partial charge on any atom is -0.439 e. The van der Waals surface area contributed by atoms with Crippen molar-refractivity contribution < 1.29 is 9.66 Å². The molecule has 0 aliphatic rings. The van der Waals surface area contributed by atoms with Gasteiger partial charge >= 0.3 is 0 Å². The van der Waals surface area contributed by atoms with Crippen LogP contribution < -0.4 is 10.1 Å². The zero-order valence-electron chi connectivity index (χ0n) is 11.9. The number of benzene rings is 1. The zero-order valence-corrected chi connectivity index (χ0v) is 12.6. The van der Waals surface area contributed by atoms with E-state index in [2.05, 4.69) is 10.4 Å². The van der Waals surface area contributed by atoms with Gasteiger partial charge in [0.2, 0.25) is 5.88 Å². The molecule has 2 aromatic rings. The van der Waals surface area contributed by atoms with Gasteiger partial charge in [0.15, 0.2) is 0 Å². The molecule has 112 valence electrons. The number of aromatic nitrogens is 2. The van der Waals surface area contributed by atoms with Gasteiger partial charge in [-0.3, -0.25) is 10.1 Å². The summed E-state index contributed by atoms with van der Waals surface area (Å²) in [6.07, 6.45) is 0. The Hall–Kier alpha value is -2.12. The van der Waals surface area contributed by atoms with Crippen LogP contribution in [0.15, 0.2) is 18.2 Å². The highest BCUT2D eigenvalue weighted by atomic mass is 35.5. The van der Waals surface area contributed by atoms with Crippen LogP contribution in [0.25, 0.3) is 0 Å². The van der Waals surface area contributed by atoms with Crippen LogP contribution in [0, 0.1) is 17.0 Å². The van der Waals surface area contributed by atoms with E-state index < -0.39 is 4.92 Å². The number of ether oxygens (including phenoxy) is 1. The molecule has 0 saturated heterocycles. The number of nitrogens with one attached hydrogen (secondary N) is 1. The molecule has 1 aromatic heterocycles. The Kier molecular flexibility index (Phi) is 4.44. The molecule has 0 aliphatic carbocycles. The lowest BCUT2D eigenvalue weighted by Gasteiger charge is -2.09. The maximum absolute atomic E-state index is 10.7. The molecule has 1 N–H and O–H groups in total. The number of rotatable bonds is 5. The van der Waals surface area contributed by atoms with Crippen LogP contribution in [0.1, 0.15) is 11.3 Å². The molecule has 0 unspecified atom stereocenters. The predicted molar refractivity (Wildman–Crippen MR) is 78.9 cm³/mol. The lowest BCUT2D eigenvalue weighted by atomic mass is 10.2. The fraction of sp³-hybridized carbons (Fsp3) is 0.308. The minimum atomic E-state index is -0.535. The molecule has 0 bridgehead atoms. The van der Waals surface area contributed by atoms with Gasteiger partial charge in [-0.1, -0.05) is 11.6 Å². The van der Waals surface area contributed by atoms with E-state index in [-0.39, 0.29) is 10.7 Å². The van der Waals surface area contributed by atoms with Crippen molar-refractivity contribution in [2.75, 3.05) is 7.05 Å². The highest BCUT2D eigenvalue weighted by Crippen LogP contribution is 2.32. The third-order valence-corrected chi connectivity index (χ3v) is 3.28. The molecule has 0 saturated carbocycles. The van der Waals surface area contributed by atoms with Crippen LogP contribution in [0.2, 0.25) is 5.02 Å². The Morgan fingerprint density at radius 3 is 2.81 bits per heavy atom. The molecule has 1 heterocycles. The molecule has 0 spiro atoms. The lowest BCUT2D eigenvalue weighted by Crippen LogP contribution is -2.07. The number of hydrogen-bond acceptors (Lipinski definition) is 5. The molecule has 1 aromatic carbocycles. The van der Waals surface area contributed by atoms with E-state index in [1.807, 2.05) is 14.0 Å². The predicted octanol–water partition coefficient (Wildman–Crippen LogP) is 2.80. The molecule has 0 radical (unpaired) electrons. The van der Waals surface area contributed by atoms with Crippen molar-refractivity contribution >= 4 is 17.3 Å². The highest BCUT2D eigenvalue weighted by molar-refractivity contribution is 6.32. The summed E-state index contributed by atoms with van der Waals surface area (Å²) in [6.45, 7) is 2.50. The maximum Gasteiger partial charge on any atom is 0.288 e. The van der Waals surface area contributed by atoms with Gasteiger partial charge < -0.3 is 10.1 Å². The van der Waals surface area contributed by atoms with E-state index in [4.69, 9.17) is 16.3 Å². The SMILES string of the molecule is CNCc1c(C)nn(C)c1Oc1ccc([N+](=O)[O-])c(Cl)c1. The van der Waals surface area contributed by atoms with Gasteiger partial charge in [-0.2, -0.15) is 5.10 Å². The van der Waals surface area contributed by atoms with Gasteiger partial charge in [-0.05, 0) is 20.0 Å². The van der Waals surface area contributed by atoms with Gasteiger partial charge in [-0.25, -0.2) is 4.68 Å². The van der Waals surface area contributed by atoms with Crippen LogP contribution in [0.5, 0.6) is 11.6 Å². The monoisotopic (exact) mass is 310 g/mol.